The number of aliphatic imine (C=N–C) groups is 1. The Morgan fingerprint density at radius 2 is 2.36 bits per heavy atom. The highest BCUT2D eigenvalue weighted by Gasteiger charge is 1.91. The zero-order valence-corrected chi connectivity index (χ0v) is 6.51. The zero-order valence-electron chi connectivity index (χ0n) is 5.75. The van der Waals surface area contributed by atoms with Gasteiger partial charge >= 0.3 is 0 Å². The number of carbonyl (C=O) groups excluding carboxylic acids is 1. The average molecular weight is 168 g/mol. The van der Waals surface area contributed by atoms with E-state index in [4.69, 9.17) is 11.6 Å². The number of isocyanates is 1. The van der Waals surface area contributed by atoms with Crippen molar-refractivity contribution in [1.29, 1.82) is 0 Å². The normalized spacial score (nSPS) is 8.82. The van der Waals surface area contributed by atoms with Crippen molar-refractivity contribution in [3.63, 3.8) is 0 Å². The lowest BCUT2D eigenvalue weighted by molar-refractivity contribution is 0.565. The summed E-state index contributed by atoms with van der Waals surface area (Å²) in [4.78, 5) is 13.3. The quantitative estimate of drug-likeness (QED) is 0.378. The minimum atomic E-state index is 0.433. The Morgan fingerprint density at radius 1 is 1.55 bits per heavy atom. The summed E-state index contributed by atoms with van der Waals surface area (Å²) in [6.45, 7) is 0. The number of hydrogen-bond donors (Lipinski definition) is 0. The van der Waals surface area contributed by atoms with Crippen LogP contribution in [0.25, 0.3) is 0 Å². The van der Waals surface area contributed by atoms with Crippen LogP contribution in [0.15, 0.2) is 29.3 Å². The number of halogens is 1. The van der Waals surface area contributed by atoms with E-state index in [0.717, 1.165) is 5.56 Å². The van der Waals surface area contributed by atoms with Gasteiger partial charge in [-0.1, -0.05) is 12.1 Å². The highest BCUT2D eigenvalue weighted by atomic mass is 35.5. The van der Waals surface area contributed by atoms with Crippen LogP contribution >= 0.6 is 11.6 Å². The van der Waals surface area contributed by atoms with Crippen molar-refractivity contribution < 1.29 is 4.79 Å². The molecule has 0 aromatic heterocycles. The van der Waals surface area contributed by atoms with Crippen LogP contribution in [0, 0.1) is 0 Å². The zero-order chi connectivity index (χ0) is 8.10. The van der Waals surface area contributed by atoms with E-state index in [1.807, 2.05) is 6.07 Å². The molecule has 3 heteroatoms. The molecule has 11 heavy (non-hydrogen) atoms. The standard InChI is InChI=1S/C8H6ClNO/c9-5-7-2-1-3-8(4-7)10-6-11/h1-4H,5H2. The van der Waals surface area contributed by atoms with Gasteiger partial charge in [0.2, 0.25) is 6.08 Å². The second-order valence-corrected chi connectivity index (χ2v) is 2.27. The van der Waals surface area contributed by atoms with E-state index in [-0.39, 0.29) is 0 Å². The Balaban J connectivity index is 3.00. The van der Waals surface area contributed by atoms with Crippen LogP contribution < -0.4 is 0 Å². The monoisotopic (exact) mass is 167 g/mol. The number of alkyl halides is 1. The Kier molecular flexibility index (Phi) is 2.84. The maximum atomic E-state index is 9.85. The minimum absolute atomic E-state index is 0.433. The Hall–Kier alpha value is -1.11. The first-order valence-electron chi connectivity index (χ1n) is 3.09. The van der Waals surface area contributed by atoms with E-state index in [9.17, 15) is 4.79 Å². The molecule has 0 aliphatic rings. The van der Waals surface area contributed by atoms with Crippen molar-refractivity contribution in [3.8, 4) is 0 Å². The molecule has 0 radical (unpaired) electrons. The molecule has 0 aliphatic carbocycles. The number of rotatable bonds is 2. The van der Waals surface area contributed by atoms with E-state index in [0.29, 0.717) is 11.6 Å². The van der Waals surface area contributed by atoms with Gasteiger partial charge in [0.15, 0.2) is 0 Å². The SMILES string of the molecule is O=C=Nc1cccc(CCl)c1. The first-order valence-corrected chi connectivity index (χ1v) is 3.63. The second kappa shape index (κ2) is 3.91. The molecule has 0 N–H and O–H groups in total. The van der Waals surface area contributed by atoms with Gasteiger partial charge in [0.25, 0.3) is 0 Å². The highest BCUT2D eigenvalue weighted by Crippen LogP contribution is 2.14. The molecule has 1 aromatic carbocycles. The van der Waals surface area contributed by atoms with Crippen LogP contribution in [-0.4, -0.2) is 6.08 Å². The van der Waals surface area contributed by atoms with Gasteiger partial charge in [0, 0.05) is 5.88 Å². The fourth-order valence-electron chi connectivity index (χ4n) is 0.762. The topological polar surface area (TPSA) is 29.4 Å². The molecule has 1 rings (SSSR count). The molecule has 0 bridgehead atoms. The first kappa shape index (κ1) is 7.99. The fourth-order valence-corrected chi connectivity index (χ4v) is 0.928. The van der Waals surface area contributed by atoms with Gasteiger partial charge in [0.05, 0.1) is 5.69 Å². The molecule has 0 spiro atoms. The second-order valence-electron chi connectivity index (χ2n) is 2.01. The summed E-state index contributed by atoms with van der Waals surface area (Å²) in [6, 6.07) is 7.14. The largest absolute Gasteiger partial charge is 0.240 e. The van der Waals surface area contributed by atoms with Crippen molar-refractivity contribution in [3.05, 3.63) is 29.8 Å². The van der Waals surface area contributed by atoms with E-state index in [2.05, 4.69) is 4.99 Å². The molecule has 0 amide bonds. The minimum Gasteiger partial charge on any atom is -0.211 e. The molecular formula is C8H6ClNO. The van der Waals surface area contributed by atoms with Crippen LogP contribution in [0.5, 0.6) is 0 Å². The molecule has 0 heterocycles. The van der Waals surface area contributed by atoms with Gasteiger partial charge in [0.1, 0.15) is 0 Å². The smallest absolute Gasteiger partial charge is 0.211 e. The summed E-state index contributed by atoms with van der Waals surface area (Å²) in [5.41, 5.74) is 1.54. The molecule has 0 saturated heterocycles. The Bertz CT molecular complexity index is 292. The third-order valence-corrected chi connectivity index (χ3v) is 1.55. The molecule has 0 fully saturated rings. The Morgan fingerprint density at radius 3 is 3.00 bits per heavy atom. The lowest BCUT2D eigenvalue weighted by atomic mass is 10.2. The predicted octanol–water partition coefficient (Wildman–Crippen LogP) is 2.39. The van der Waals surface area contributed by atoms with Crippen LogP contribution in [0.3, 0.4) is 0 Å². The van der Waals surface area contributed by atoms with Crippen molar-refractivity contribution >= 4 is 23.4 Å². The van der Waals surface area contributed by atoms with Crippen molar-refractivity contribution in [2.45, 2.75) is 5.88 Å². The molecular weight excluding hydrogens is 162 g/mol. The molecule has 0 unspecified atom stereocenters. The van der Waals surface area contributed by atoms with Crippen molar-refractivity contribution in [2.75, 3.05) is 0 Å². The average Bonchev–Trinajstić information content (AvgIpc) is 2.06. The van der Waals surface area contributed by atoms with E-state index < -0.39 is 0 Å². The molecule has 0 atom stereocenters. The molecule has 56 valence electrons. The fraction of sp³-hybridized carbons (Fsp3) is 0.125. The third-order valence-electron chi connectivity index (χ3n) is 1.24. The van der Waals surface area contributed by atoms with Crippen LogP contribution in [0.4, 0.5) is 5.69 Å². The summed E-state index contributed by atoms with van der Waals surface area (Å²) < 4.78 is 0. The number of benzene rings is 1. The lowest BCUT2D eigenvalue weighted by Gasteiger charge is -1.93. The van der Waals surface area contributed by atoms with Crippen molar-refractivity contribution in [1.82, 2.24) is 0 Å². The molecule has 0 aliphatic heterocycles. The summed E-state index contributed by atoms with van der Waals surface area (Å²) in [5.74, 6) is 0.433. The van der Waals surface area contributed by atoms with E-state index in [1.165, 1.54) is 6.08 Å². The van der Waals surface area contributed by atoms with Crippen LogP contribution in [0.1, 0.15) is 5.56 Å². The maximum Gasteiger partial charge on any atom is 0.240 e. The summed E-state index contributed by atoms with van der Waals surface area (Å²) in [6.07, 6.45) is 1.47. The first-order chi connectivity index (χ1) is 5.36. The van der Waals surface area contributed by atoms with Gasteiger partial charge in [-0.05, 0) is 17.7 Å². The van der Waals surface area contributed by atoms with Gasteiger partial charge < -0.3 is 0 Å². The summed E-state index contributed by atoms with van der Waals surface area (Å²) in [5, 5.41) is 0. The Labute approximate surface area is 69.5 Å². The number of hydrogen-bond acceptors (Lipinski definition) is 2. The van der Waals surface area contributed by atoms with Gasteiger partial charge in [-0.15, -0.1) is 11.6 Å². The lowest BCUT2D eigenvalue weighted by Crippen LogP contribution is -1.74. The summed E-state index contributed by atoms with van der Waals surface area (Å²) in [7, 11) is 0. The van der Waals surface area contributed by atoms with Crippen molar-refractivity contribution in [2.24, 2.45) is 4.99 Å². The maximum absolute atomic E-state index is 9.85. The third kappa shape index (κ3) is 2.19. The van der Waals surface area contributed by atoms with E-state index >= 15 is 0 Å². The predicted molar refractivity (Wildman–Crippen MR) is 43.8 cm³/mol. The molecule has 2 nitrogen and oxygen atoms in total. The van der Waals surface area contributed by atoms with Gasteiger partial charge in [-0.25, -0.2) is 4.79 Å². The highest BCUT2D eigenvalue weighted by molar-refractivity contribution is 6.17. The van der Waals surface area contributed by atoms with Crippen LogP contribution in [0.2, 0.25) is 0 Å². The van der Waals surface area contributed by atoms with E-state index in [1.54, 1.807) is 18.2 Å². The summed E-state index contributed by atoms with van der Waals surface area (Å²) >= 11 is 5.56. The number of nitrogens with zero attached hydrogens (tertiary/aromatic N) is 1. The van der Waals surface area contributed by atoms with Gasteiger partial charge in [-0.2, -0.15) is 4.99 Å². The molecule has 0 saturated carbocycles. The van der Waals surface area contributed by atoms with Gasteiger partial charge in [-0.3, -0.25) is 0 Å². The molecule has 1 aromatic rings. The van der Waals surface area contributed by atoms with Crippen LogP contribution in [-0.2, 0) is 10.7 Å².